The summed E-state index contributed by atoms with van der Waals surface area (Å²) in [5, 5.41) is 8.98. The zero-order valence-corrected chi connectivity index (χ0v) is 8.03. The van der Waals surface area contributed by atoms with Crippen LogP contribution in [0.2, 0.25) is 0 Å². The van der Waals surface area contributed by atoms with E-state index in [0.717, 1.165) is 5.56 Å². The third-order valence-electron chi connectivity index (χ3n) is 2.10. The fraction of sp³-hybridized carbons (Fsp3) is 0.0909. The Morgan fingerprint density at radius 1 is 1.60 bits per heavy atom. The van der Waals surface area contributed by atoms with Gasteiger partial charge in [0.05, 0.1) is 11.1 Å². The fourth-order valence-electron chi connectivity index (χ4n) is 1.49. The van der Waals surface area contributed by atoms with Crippen molar-refractivity contribution in [1.82, 2.24) is 9.97 Å². The van der Waals surface area contributed by atoms with Crippen LogP contribution in [0.25, 0.3) is 11.0 Å². The number of terminal acetylenes is 1. The molecule has 0 saturated heterocycles. The van der Waals surface area contributed by atoms with Crippen molar-refractivity contribution in [2.75, 3.05) is 0 Å². The minimum Gasteiger partial charge on any atom is -0.478 e. The molecule has 0 aliphatic heterocycles. The number of aryl methyl sites for hydroxylation is 1. The number of fused-ring (bicyclic) bond motifs is 1. The summed E-state index contributed by atoms with van der Waals surface area (Å²) >= 11 is 0. The SMILES string of the molecule is C#Cc1nc2c(C(=O)O)cc(C)cc2[nH]1. The summed E-state index contributed by atoms with van der Waals surface area (Å²) in [7, 11) is 0. The van der Waals surface area contributed by atoms with Gasteiger partial charge in [0.15, 0.2) is 5.82 Å². The van der Waals surface area contributed by atoms with Crippen LogP contribution in [0.4, 0.5) is 0 Å². The van der Waals surface area contributed by atoms with Gasteiger partial charge in [0.2, 0.25) is 0 Å². The minimum absolute atomic E-state index is 0.169. The number of aromatic amines is 1. The molecule has 0 aliphatic rings. The number of carbonyl (C=O) groups is 1. The maximum atomic E-state index is 11.0. The van der Waals surface area contributed by atoms with Gasteiger partial charge in [-0.15, -0.1) is 6.42 Å². The highest BCUT2D eigenvalue weighted by Crippen LogP contribution is 2.18. The van der Waals surface area contributed by atoms with Gasteiger partial charge < -0.3 is 10.1 Å². The van der Waals surface area contributed by atoms with E-state index >= 15 is 0 Å². The lowest BCUT2D eigenvalue weighted by Gasteiger charge is -1.97. The number of imidazole rings is 1. The third-order valence-corrected chi connectivity index (χ3v) is 2.10. The lowest BCUT2D eigenvalue weighted by atomic mass is 10.1. The molecule has 0 aliphatic carbocycles. The Morgan fingerprint density at radius 3 is 2.93 bits per heavy atom. The summed E-state index contributed by atoms with van der Waals surface area (Å²) in [6.07, 6.45) is 5.19. The standard InChI is InChI=1S/C11H8N2O2/c1-3-9-12-8-5-6(2)4-7(11(14)15)10(8)13-9/h1,4-5H,2H3,(H,12,13)(H,14,15). The quantitative estimate of drug-likeness (QED) is 0.686. The molecule has 0 unspecified atom stereocenters. The number of carboxylic acid groups (broad SMARTS) is 1. The number of aromatic nitrogens is 2. The third kappa shape index (κ3) is 1.44. The minimum atomic E-state index is -1.00. The molecule has 1 aromatic heterocycles. The van der Waals surface area contributed by atoms with Gasteiger partial charge in [-0.05, 0) is 30.5 Å². The second-order valence-electron chi connectivity index (χ2n) is 3.24. The Balaban J connectivity index is 2.85. The van der Waals surface area contributed by atoms with Crippen LogP contribution in [0.5, 0.6) is 0 Å². The topological polar surface area (TPSA) is 66.0 Å². The van der Waals surface area contributed by atoms with Crippen molar-refractivity contribution in [3.8, 4) is 12.3 Å². The Hall–Kier alpha value is -2.28. The van der Waals surface area contributed by atoms with Crippen molar-refractivity contribution >= 4 is 17.0 Å². The monoisotopic (exact) mass is 200 g/mol. The van der Waals surface area contributed by atoms with Crippen molar-refractivity contribution < 1.29 is 9.90 Å². The molecule has 74 valence electrons. The van der Waals surface area contributed by atoms with Gasteiger partial charge in [0.25, 0.3) is 0 Å². The van der Waals surface area contributed by atoms with Crippen LogP contribution in [-0.2, 0) is 0 Å². The molecule has 2 N–H and O–H groups in total. The number of hydrogen-bond acceptors (Lipinski definition) is 2. The number of aromatic carboxylic acids is 1. The van der Waals surface area contributed by atoms with Gasteiger partial charge in [0, 0.05) is 0 Å². The molecule has 15 heavy (non-hydrogen) atoms. The van der Waals surface area contributed by atoms with Crippen LogP contribution in [0, 0.1) is 19.3 Å². The van der Waals surface area contributed by atoms with Crippen molar-refractivity contribution in [3.05, 3.63) is 29.1 Å². The Labute approximate surface area is 86.0 Å². The van der Waals surface area contributed by atoms with Gasteiger partial charge in [-0.1, -0.05) is 0 Å². The largest absolute Gasteiger partial charge is 0.478 e. The van der Waals surface area contributed by atoms with Crippen LogP contribution in [0.1, 0.15) is 21.7 Å². The smallest absolute Gasteiger partial charge is 0.337 e. The van der Waals surface area contributed by atoms with Crippen LogP contribution in [0.15, 0.2) is 12.1 Å². The van der Waals surface area contributed by atoms with E-state index in [4.69, 9.17) is 11.5 Å². The van der Waals surface area contributed by atoms with Gasteiger partial charge in [-0.3, -0.25) is 0 Å². The zero-order valence-electron chi connectivity index (χ0n) is 8.03. The van der Waals surface area contributed by atoms with Crippen LogP contribution >= 0.6 is 0 Å². The van der Waals surface area contributed by atoms with Crippen LogP contribution in [-0.4, -0.2) is 21.0 Å². The average molecular weight is 200 g/mol. The average Bonchev–Trinajstić information content (AvgIpc) is 2.58. The first-order chi connectivity index (χ1) is 7.11. The Morgan fingerprint density at radius 2 is 2.33 bits per heavy atom. The van der Waals surface area contributed by atoms with E-state index in [1.165, 1.54) is 0 Å². The first-order valence-electron chi connectivity index (χ1n) is 4.32. The number of hydrogen-bond donors (Lipinski definition) is 2. The lowest BCUT2D eigenvalue weighted by molar-refractivity contribution is 0.0698. The molecule has 1 heterocycles. The van der Waals surface area contributed by atoms with Crippen molar-refractivity contribution in [1.29, 1.82) is 0 Å². The number of carboxylic acids is 1. The highest BCUT2D eigenvalue weighted by molar-refractivity contribution is 6.01. The Kier molecular flexibility index (Phi) is 1.94. The van der Waals surface area contributed by atoms with Gasteiger partial charge >= 0.3 is 5.97 Å². The summed E-state index contributed by atoms with van der Waals surface area (Å²) in [6.45, 7) is 1.82. The first kappa shape index (κ1) is 9.28. The van der Waals surface area contributed by atoms with E-state index in [1.54, 1.807) is 6.07 Å². The highest BCUT2D eigenvalue weighted by Gasteiger charge is 2.12. The molecule has 4 nitrogen and oxygen atoms in total. The van der Waals surface area contributed by atoms with Crippen molar-refractivity contribution in [2.45, 2.75) is 6.92 Å². The van der Waals surface area contributed by atoms with E-state index in [1.807, 2.05) is 13.0 Å². The van der Waals surface area contributed by atoms with E-state index in [0.29, 0.717) is 16.9 Å². The predicted molar refractivity (Wildman–Crippen MR) is 55.7 cm³/mol. The molecule has 0 fully saturated rings. The number of nitrogens with zero attached hydrogens (tertiary/aromatic N) is 1. The maximum absolute atomic E-state index is 11.0. The highest BCUT2D eigenvalue weighted by atomic mass is 16.4. The molecule has 1 aromatic carbocycles. The summed E-state index contributed by atoms with van der Waals surface area (Å²) in [5.74, 6) is 1.69. The van der Waals surface area contributed by atoms with Crippen LogP contribution < -0.4 is 0 Å². The normalized spacial score (nSPS) is 10.1. The molecule has 0 spiro atoms. The molecular formula is C11H8N2O2. The maximum Gasteiger partial charge on any atom is 0.337 e. The molecule has 2 rings (SSSR count). The molecule has 0 bridgehead atoms. The van der Waals surface area contributed by atoms with Gasteiger partial charge in [-0.25, -0.2) is 9.78 Å². The summed E-state index contributed by atoms with van der Waals surface area (Å²) in [4.78, 5) is 17.9. The summed E-state index contributed by atoms with van der Waals surface area (Å²) < 4.78 is 0. The van der Waals surface area contributed by atoms with Gasteiger partial charge in [0.1, 0.15) is 5.52 Å². The second-order valence-corrected chi connectivity index (χ2v) is 3.24. The van der Waals surface area contributed by atoms with E-state index in [2.05, 4.69) is 15.9 Å². The van der Waals surface area contributed by atoms with E-state index in [9.17, 15) is 4.79 Å². The van der Waals surface area contributed by atoms with E-state index in [-0.39, 0.29) is 5.56 Å². The van der Waals surface area contributed by atoms with Crippen molar-refractivity contribution in [3.63, 3.8) is 0 Å². The predicted octanol–water partition coefficient (Wildman–Crippen LogP) is 1.55. The van der Waals surface area contributed by atoms with Crippen molar-refractivity contribution in [2.24, 2.45) is 0 Å². The number of benzene rings is 1. The number of nitrogens with one attached hydrogen (secondary N) is 1. The molecule has 0 radical (unpaired) electrons. The molecule has 0 saturated carbocycles. The van der Waals surface area contributed by atoms with Gasteiger partial charge in [-0.2, -0.15) is 0 Å². The number of H-pyrrole nitrogens is 1. The molecule has 0 atom stereocenters. The fourth-order valence-corrected chi connectivity index (χ4v) is 1.49. The second kappa shape index (κ2) is 3.14. The van der Waals surface area contributed by atoms with Crippen LogP contribution in [0.3, 0.4) is 0 Å². The molecule has 0 amide bonds. The van der Waals surface area contributed by atoms with E-state index < -0.39 is 5.97 Å². The molecular weight excluding hydrogens is 192 g/mol. The first-order valence-corrected chi connectivity index (χ1v) is 4.32. The number of rotatable bonds is 1. The summed E-state index contributed by atoms with van der Waals surface area (Å²) in [6, 6.07) is 3.39. The molecule has 4 heteroatoms. The lowest BCUT2D eigenvalue weighted by Crippen LogP contribution is -1.98. The zero-order chi connectivity index (χ0) is 11.0. The summed E-state index contributed by atoms with van der Waals surface area (Å²) in [5.41, 5.74) is 2.08. The molecule has 2 aromatic rings. The Bertz CT molecular complexity index is 590.